The number of amides is 1. The van der Waals surface area contributed by atoms with Crippen LogP contribution >= 0.6 is 12.4 Å². The predicted octanol–water partition coefficient (Wildman–Crippen LogP) is 1.01. The van der Waals surface area contributed by atoms with Crippen molar-refractivity contribution >= 4 is 24.3 Å². The number of ether oxygens (including phenoxy) is 1. The highest BCUT2D eigenvalue weighted by molar-refractivity contribution is 5.86. The van der Waals surface area contributed by atoms with E-state index in [0.29, 0.717) is 18.6 Å². The summed E-state index contributed by atoms with van der Waals surface area (Å²) in [7, 11) is 0. The Morgan fingerprint density at radius 3 is 2.74 bits per heavy atom. The molecule has 0 bridgehead atoms. The molecule has 2 fully saturated rings. The molecule has 2 aliphatic rings. The Kier molecular flexibility index (Phi) is 6.58. The molecular formula is C13H23ClN2O3. The standard InChI is InChI=1S/C13H22N2O3.ClH/c1-2-18-12(16)8-14-13(17)11-7-9-5-3-4-6-10(9)15-11;/h9-11,15H,2-8H2,1H3,(H,14,17);1H. The van der Waals surface area contributed by atoms with E-state index in [-0.39, 0.29) is 36.9 Å². The topological polar surface area (TPSA) is 67.4 Å². The predicted molar refractivity (Wildman–Crippen MR) is 74.2 cm³/mol. The van der Waals surface area contributed by atoms with Gasteiger partial charge in [0.1, 0.15) is 6.54 Å². The van der Waals surface area contributed by atoms with Crippen LogP contribution in [0, 0.1) is 5.92 Å². The minimum absolute atomic E-state index is 0. The van der Waals surface area contributed by atoms with Gasteiger partial charge in [-0.1, -0.05) is 12.8 Å². The van der Waals surface area contributed by atoms with Crippen molar-refractivity contribution < 1.29 is 14.3 Å². The minimum Gasteiger partial charge on any atom is -0.465 e. The molecule has 0 radical (unpaired) electrons. The van der Waals surface area contributed by atoms with Crippen molar-refractivity contribution in [3.05, 3.63) is 0 Å². The van der Waals surface area contributed by atoms with Gasteiger partial charge in [0.25, 0.3) is 0 Å². The number of hydrogen-bond donors (Lipinski definition) is 2. The van der Waals surface area contributed by atoms with Gasteiger partial charge in [0.2, 0.25) is 5.91 Å². The number of halogens is 1. The molecule has 0 aromatic rings. The molecule has 2 rings (SSSR count). The van der Waals surface area contributed by atoms with Gasteiger partial charge < -0.3 is 15.4 Å². The van der Waals surface area contributed by atoms with E-state index in [4.69, 9.17) is 4.74 Å². The maximum absolute atomic E-state index is 11.9. The van der Waals surface area contributed by atoms with E-state index in [9.17, 15) is 9.59 Å². The fraction of sp³-hybridized carbons (Fsp3) is 0.846. The lowest BCUT2D eigenvalue weighted by atomic mass is 9.85. The highest BCUT2D eigenvalue weighted by Gasteiger charge is 2.38. The van der Waals surface area contributed by atoms with Crippen molar-refractivity contribution in [1.29, 1.82) is 0 Å². The zero-order chi connectivity index (χ0) is 13.0. The molecule has 0 aromatic carbocycles. The van der Waals surface area contributed by atoms with Crippen molar-refractivity contribution in [2.45, 2.75) is 51.1 Å². The second kappa shape index (κ2) is 7.70. The number of nitrogens with one attached hydrogen (secondary N) is 2. The van der Waals surface area contributed by atoms with Gasteiger partial charge in [-0.15, -0.1) is 12.4 Å². The van der Waals surface area contributed by atoms with E-state index in [1.807, 2.05) is 0 Å². The van der Waals surface area contributed by atoms with Crippen LogP contribution in [0.15, 0.2) is 0 Å². The summed E-state index contributed by atoms with van der Waals surface area (Å²) >= 11 is 0. The Morgan fingerprint density at radius 1 is 1.32 bits per heavy atom. The Labute approximate surface area is 120 Å². The summed E-state index contributed by atoms with van der Waals surface area (Å²) in [6.45, 7) is 2.07. The molecule has 1 saturated carbocycles. The number of rotatable bonds is 4. The van der Waals surface area contributed by atoms with Gasteiger partial charge in [0.05, 0.1) is 12.6 Å². The summed E-state index contributed by atoms with van der Waals surface area (Å²) in [6, 6.07) is 0.365. The first kappa shape index (κ1) is 16.2. The average molecular weight is 291 g/mol. The summed E-state index contributed by atoms with van der Waals surface area (Å²) in [4.78, 5) is 23.1. The molecule has 110 valence electrons. The van der Waals surface area contributed by atoms with E-state index < -0.39 is 0 Å². The van der Waals surface area contributed by atoms with Gasteiger partial charge >= 0.3 is 5.97 Å². The first-order valence-corrected chi connectivity index (χ1v) is 6.90. The van der Waals surface area contributed by atoms with Gasteiger partial charge in [-0.25, -0.2) is 0 Å². The smallest absolute Gasteiger partial charge is 0.325 e. The highest BCUT2D eigenvalue weighted by Crippen LogP contribution is 2.33. The largest absolute Gasteiger partial charge is 0.465 e. The van der Waals surface area contributed by atoms with Gasteiger partial charge in [0, 0.05) is 6.04 Å². The molecule has 1 aliphatic carbocycles. The van der Waals surface area contributed by atoms with E-state index in [2.05, 4.69) is 10.6 Å². The zero-order valence-electron chi connectivity index (χ0n) is 11.3. The fourth-order valence-corrected chi connectivity index (χ4v) is 3.02. The normalized spacial score (nSPS) is 29.0. The third-order valence-electron chi connectivity index (χ3n) is 3.89. The van der Waals surface area contributed by atoms with Crippen LogP contribution in [0.4, 0.5) is 0 Å². The lowest BCUT2D eigenvalue weighted by molar-refractivity contribution is -0.143. The summed E-state index contributed by atoms with van der Waals surface area (Å²) in [6.07, 6.45) is 5.83. The lowest BCUT2D eigenvalue weighted by Gasteiger charge is -2.24. The van der Waals surface area contributed by atoms with Crippen molar-refractivity contribution in [2.75, 3.05) is 13.2 Å². The van der Waals surface area contributed by atoms with Crippen LogP contribution in [0.5, 0.6) is 0 Å². The zero-order valence-corrected chi connectivity index (χ0v) is 12.1. The number of carbonyl (C=O) groups is 2. The number of esters is 1. The molecule has 1 saturated heterocycles. The lowest BCUT2D eigenvalue weighted by Crippen LogP contribution is -2.44. The molecule has 0 aromatic heterocycles. The number of carbonyl (C=O) groups excluding carboxylic acids is 2. The molecule has 6 heteroatoms. The van der Waals surface area contributed by atoms with Crippen molar-refractivity contribution in [1.82, 2.24) is 10.6 Å². The molecule has 1 heterocycles. The first-order chi connectivity index (χ1) is 8.70. The van der Waals surface area contributed by atoms with Crippen LogP contribution in [0.25, 0.3) is 0 Å². The van der Waals surface area contributed by atoms with Gasteiger partial charge in [0.15, 0.2) is 0 Å². The molecule has 3 atom stereocenters. The monoisotopic (exact) mass is 290 g/mol. The molecule has 0 spiro atoms. The maximum Gasteiger partial charge on any atom is 0.325 e. The van der Waals surface area contributed by atoms with Gasteiger partial charge in [-0.3, -0.25) is 9.59 Å². The summed E-state index contributed by atoms with van der Waals surface area (Å²) < 4.78 is 4.78. The second-order valence-corrected chi connectivity index (χ2v) is 5.13. The molecule has 1 aliphatic heterocycles. The van der Waals surface area contributed by atoms with Crippen molar-refractivity contribution in [3.8, 4) is 0 Å². The molecule has 2 N–H and O–H groups in total. The van der Waals surface area contributed by atoms with Crippen LogP contribution in [0.2, 0.25) is 0 Å². The Hall–Kier alpha value is -0.810. The van der Waals surface area contributed by atoms with E-state index in [0.717, 1.165) is 6.42 Å². The maximum atomic E-state index is 11.9. The second-order valence-electron chi connectivity index (χ2n) is 5.13. The van der Waals surface area contributed by atoms with Crippen molar-refractivity contribution in [3.63, 3.8) is 0 Å². The fourth-order valence-electron chi connectivity index (χ4n) is 3.02. The van der Waals surface area contributed by atoms with E-state index >= 15 is 0 Å². The Balaban J connectivity index is 0.00000180. The van der Waals surface area contributed by atoms with Gasteiger partial charge in [-0.2, -0.15) is 0 Å². The van der Waals surface area contributed by atoms with Crippen molar-refractivity contribution in [2.24, 2.45) is 5.92 Å². The average Bonchev–Trinajstić information content (AvgIpc) is 2.80. The third kappa shape index (κ3) is 4.35. The molecular weight excluding hydrogens is 268 g/mol. The third-order valence-corrected chi connectivity index (χ3v) is 3.89. The van der Waals surface area contributed by atoms with Crippen LogP contribution in [0.3, 0.4) is 0 Å². The summed E-state index contributed by atoms with van der Waals surface area (Å²) in [5.41, 5.74) is 0. The summed E-state index contributed by atoms with van der Waals surface area (Å²) in [5.74, 6) is 0.191. The molecule has 1 amide bonds. The van der Waals surface area contributed by atoms with Crippen LogP contribution in [0.1, 0.15) is 39.0 Å². The molecule has 3 unspecified atom stereocenters. The molecule has 5 nitrogen and oxygen atoms in total. The Bertz CT molecular complexity index is 311. The minimum atomic E-state index is -0.374. The van der Waals surface area contributed by atoms with E-state index in [1.165, 1.54) is 25.7 Å². The van der Waals surface area contributed by atoms with Gasteiger partial charge in [-0.05, 0) is 32.1 Å². The van der Waals surface area contributed by atoms with Crippen LogP contribution in [-0.4, -0.2) is 37.1 Å². The molecule has 19 heavy (non-hydrogen) atoms. The van der Waals surface area contributed by atoms with E-state index in [1.54, 1.807) is 6.92 Å². The number of hydrogen-bond acceptors (Lipinski definition) is 4. The summed E-state index contributed by atoms with van der Waals surface area (Å²) in [5, 5.41) is 6.03. The highest BCUT2D eigenvalue weighted by atomic mass is 35.5. The van der Waals surface area contributed by atoms with Crippen LogP contribution < -0.4 is 10.6 Å². The van der Waals surface area contributed by atoms with Crippen LogP contribution in [-0.2, 0) is 14.3 Å². The quantitative estimate of drug-likeness (QED) is 0.758. The number of fused-ring (bicyclic) bond motifs is 1. The first-order valence-electron chi connectivity index (χ1n) is 6.90. The SMILES string of the molecule is CCOC(=O)CNC(=O)C1CC2CCCCC2N1.Cl. The Morgan fingerprint density at radius 2 is 2.05 bits per heavy atom.